The lowest BCUT2D eigenvalue weighted by atomic mass is 9.81. The molecule has 0 aromatic rings. The number of likely N-dealkylation sites (N-methyl/N-ethyl adjacent to an activating group) is 2. The maximum atomic E-state index is 12.1. The molecule has 0 bridgehead atoms. The standard InChI is InChI=1S/C11H23N3O/c1-13-8-9-14(2)10(15)11(12)6-4-3-5-7-11/h13H,3-9,12H2,1-2H3. The Morgan fingerprint density at radius 1 is 1.40 bits per heavy atom. The molecule has 0 heterocycles. The lowest BCUT2D eigenvalue weighted by Crippen LogP contribution is -2.56. The summed E-state index contributed by atoms with van der Waals surface area (Å²) in [5.74, 6) is 0.109. The summed E-state index contributed by atoms with van der Waals surface area (Å²) in [6.07, 6.45) is 5.07. The summed E-state index contributed by atoms with van der Waals surface area (Å²) < 4.78 is 0. The fourth-order valence-corrected chi connectivity index (χ4v) is 2.16. The van der Waals surface area contributed by atoms with Gasteiger partial charge in [-0.1, -0.05) is 19.3 Å². The highest BCUT2D eigenvalue weighted by Gasteiger charge is 2.36. The highest BCUT2D eigenvalue weighted by molar-refractivity contribution is 5.86. The summed E-state index contributed by atoms with van der Waals surface area (Å²) in [6.45, 7) is 1.55. The smallest absolute Gasteiger partial charge is 0.242 e. The van der Waals surface area contributed by atoms with Crippen molar-refractivity contribution in [2.45, 2.75) is 37.6 Å². The Bertz CT molecular complexity index is 212. The Balaban J connectivity index is 2.49. The molecule has 1 aliphatic rings. The van der Waals surface area contributed by atoms with Gasteiger partial charge in [0.2, 0.25) is 5.91 Å². The second kappa shape index (κ2) is 5.47. The zero-order valence-electron chi connectivity index (χ0n) is 9.88. The molecule has 1 saturated carbocycles. The number of hydrogen-bond donors (Lipinski definition) is 2. The molecular weight excluding hydrogens is 190 g/mol. The van der Waals surface area contributed by atoms with Crippen LogP contribution in [0.3, 0.4) is 0 Å². The third-order valence-electron chi connectivity index (χ3n) is 3.22. The second-order valence-corrected chi connectivity index (χ2v) is 4.55. The van der Waals surface area contributed by atoms with Gasteiger partial charge in [0.1, 0.15) is 0 Å². The minimum absolute atomic E-state index is 0.109. The fraction of sp³-hybridized carbons (Fsp3) is 0.909. The van der Waals surface area contributed by atoms with Crippen LogP contribution >= 0.6 is 0 Å². The molecule has 1 rings (SSSR count). The predicted molar refractivity (Wildman–Crippen MR) is 61.6 cm³/mol. The van der Waals surface area contributed by atoms with E-state index in [0.717, 1.165) is 38.8 Å². The van der Waals surface area contributed by atoms with E-state index in [1.54, 1.807) is 4.90 Å². The van der Waals surface area contributed by atoms with Crippen LogP contribution in [0.25, 0.3) is 0 Å². The highest BCUT2D eigenvalue weighted by atomic mass is 16.2. The van der Waals surface area contributed by atoms with E-state index < -0.39 is 5.54 Å². The molecular formula is C11H23N3O. The van der Waals surface area contributed by atoms with Crippen molar-refractivity contribution in [3.63, 3.8) is 0 Å². The van der Waals surface area contributed by atoms with Gasteiger partial charge >= 0.3 is 0 Å². The van der Waals surface area contributed by atoms with Gasteiger partial charge in [0.25, 0.3) is 0 Å². The summed E-state index contributed by atoms with van der Waals surface area (Å²) in [4.78, 5) is 13.9. The average Bonchev–Trinajstić information content (AvgIpc) is 2.26. The number of nitrogens with zero attached hydrogens (tertiary/aromatic N) is 1. The van der Waals surface area contributed by atoms with Crippen molar-refractivity contribution >= 4 is 5.91 Å². The summed E-state index contributed by atoms with van der Waals surface area (Å²) in [6, 6.07) is 0. The van der Waals surface area contributed by atoms with Crippen LogP contribution < -0.4 is 11.1 Å². The number of nitrogens with one attached hydrogen (secondary N) is 1. The van der Waals surface area contributed by atoms with E-state index in [0.29, 0.717) is 0 Å². The largest absolute Gasteiger partial charge is 0.343 e. The van der Waals surface area contributed by atoms with Crippen LogP contribution in [0.2, 0.25) is 0 Å². The molecule has 0 atom stereocenters. The van der Waals surface area contributed by atoms with Crippen LogP contribution in [0.4, 0.5) is 0 Å². The van der Waals surface area contributed by atoms with Gasteiger partial charge in [0.05, 0.1) is 5.54 Å². The van der Waals surface area contributed by atoms with Crippen molar-refractivity contribution in [2.75, 3.05) is 27.2 Å². The first kappa shape index (κ1) is 12.5. The van der Waals surface area contributed by atoms with Crippen LogP contribution in [0.1, 0.15) is 32.1 Å². The van der Waals surface area contributed by atoms with Crippen molar-refractivity contribution in [3.05, 3.63) is 0 Å². The van der Waals surface area contributed by atoms with Gasteiger partial charge in [-0.15, -0.1) is 0 Å². The van der Waals surface area contributed by atoms with Gasteiger partial charge in [-0.3, -0.25) is 4.79 Å². The quantitative estimate of drug-likeness (QED) is 0.707. The zero-order chi connectivity index (χ0) is 11.3. The minimum Gasteiger partial charge on any atom is -0.343 e. The highest BCUT2D eigenvalue weighted by Crippen LogP contribution is 2.27. The summed E-state index contributed by atoms with van der Waals surface area (Å²) in [7, 11) is 3.72. The van der Waals surface area contributed by atoms with Crippen LogP contribution in [-0.4, -0.2) is 43.5 Å². The summed E-state index contributed by atoms with van der Waals surface area (Å²) in [5.41, 5.74) is 5.58. The van der Waals surface area contributed by atoms with Crippen molar-refractivity contribution in [1.29, 1.82) is 0 Å². The normalized spacial score (nSPS) is 19.9. The first-order valence-corrected chi connectivity index (χ1v) is 5.79. The molecule has 0 aliphatic heterocycles. The molecule has 0 aromatic carbocycles. The number of rotatable bonds is 4. The maximum Gasteiger partial charge on any atom is 0.242 e. The van der Waals surface area contributed by atoms with E-state index in [-0.39, 0.29) is 5.91 Å². The van der Waals surface area contributed by atoms with Crippen molar-refractivity contribution in [3.8, 4) is 0 Å². The van der Waals surface area contributed by atoms with Crippen LogP contribution in [0.5, 0.6) is 0 Å². The number of carbonyl (C=O) groups excluding carboxylic acids is 1. The SMILES string of the molecule is CNCCN(C)C(=O)C1(N)CCCCC1. The Morgan fingerprint density at radius 2 is 2.00 bits per heavy atom. The van der Waals surface area contributed by atoms with Crippen LogP contribution in [0, 0.1) is 0 Å². The molecule has 4 nitrogen and oxygen atoms in total. The molecule has 1 aliphatic carbocycles. The van der Waals surface area contributed by atoms with Crippen LogP contribution in [0.15, 0.2) is 0 Å². The molecule has 88 valence electrons. The number of hydrogen-bond acceptors (Lipinski definition) is 3. The maximum absolute atomic E-state index is 12.1. The van der Waals surface area contributed by atoms with E-state index in [4.69, 9.17) is 5.73 Å². The molecule has 1 amide bonds. The van der Waals surface area contributed by atoms with Crippen molar-refractivity contribution in [2.24, 2.45) is 5.73 Å². The van der Waals surface area contributed by atoms with E-state index in [1.165, 1.54) is 6.42 Å². The summed E-state index contributed by atoms with van der Waals surface area (Å²) in [5, 5.41) is 3.03. The van der Waals surface area contributed by atoms with Gasteiger partial charge < -0.3 is 16.0 Å². The van der Waals surface area contributed by atoms with Crippen molar-refractivity contribution in [1.82, 2.24) is 10.2 Å². The van der Waals surface area contributed by atoms with Gasteiger partial charge in [-0.05, 0) is 19.9 Å². The molecule has 0 aromatic heterocycles. The Labute approximate surface area is 92.2 Å². The van der Waals surface area contributed by atoms with E-state index >= 15 is 0 Å². The number of nitrogens with two attached hydrogens (primary N) is 1. The molecule has 15 heavy (non-hydrogen) atoms. The first-order valence-electron chi connectivity index (χ1n) is 5.79. The van der Waals surface area contributed by atoms with E-state index in [1.807, 2.05) is 14.1 Å². The van der Waals surface area contributed by atoms with Crippen LogP contribution in [-0.2, 0) is 4.79 Å². The Hall–Kier alpha value is -0.610. The summed E-state index contributed by atoms with van der Waals surface area (Å²) >= 11 is 0. The van der Waals surface area contributed by atoms with Gasteiger partial charge in [0.15, 0.2) is 0 Å². The Kier molecular flexibility index (Phi) is 4.54. The fourth-order valence-electron chi connectivity index (χ4n) is 2.16. The third-order valence-corrected chi connectivity index (χ3v) is 3.22. The molecule has 1 fully saturated rings. The monoisotopic (exact) mass is 213 g/mol. The lowest BCUT2D eigenvalue weighted by Gasteiger charge is -2.35. The van der Waals surface area contributed by atoms with E-state index in [9.17, 15) is 4.79 Å². The molecule has 3 N–H and O–H groups in total. The first-order chi connectivity index (χ1) is 7.10. The third kappa shape index (κ3) is 3.18. The van der Waals surface area contributed by atoms with Crippen molar-refractivity contribution < 1.29 is 4.79 Å². The van der Waals surface area contributed by atoms with E-state index in [2.05, 4.69) is 5.32 Å². The average molecular weight is 213 g/mol. The molecule has 0 spiro atoms. The number of carbonyl (C=O) groups is 1. The Morgan fingerprint density at radius 3 is 2.53 bits per heavy atom. The second-order valence-electron chi connectivity index (χ2n) is 4.55. The molecule has 0 radical (unpaired) electrons. The minimum atomic E-state index is -0.583. The molecule has 0 saturated heterocycles. The molecule has 4 heteroatoms. The zero-order valence-corrected chi connectivity index (χ0v) is 9.88. The topological polar surface area (TPSA) is 58.4 Å². The van der Waals surface area contributed by atoms with Gasteiger partial charge in [-0.25, -0.2) is 0 Å². The van der Waals surface area contributed by atoms with Gasteiger partial charge in [0, 0.05) is 20.1 Å². The number of amides is 1. The molecule has 0 unspecified atom stereocenters. The van der Waals surface area contributed by atoms with Gasteiger partial charge in [-0.2, -0.15) is 0 Å². The lowest BCUT2D eigenvalue weighted by molar-refractivity contribution is -0.136. The predicted octanol–water partition coefficient (Wildman–Crippen LogP) is 0.326.